The van der Waals surface area contributed by atoms with Crippen molar-refractivity contribution in [3.05, 3.63) is 42.6 Å². The number of benzene rings is 1. The van der Waals surface area contributed by atoms with Crippen LogP contribution in [0.1, 0.15) is 13.8 Å². The molecule has 4 aromatic rings. The van der Waals surface area contributed by atoms with Crippen LogP contribution in [-0.4, -0.2) is 40.9 Å². The minimum atomic E-state index is -3.90. The molecular weight excluding hydrogens is 466 g/mol. The molecule has 33 heavy (non-hydrogen) atoms. The fourth-order valence-electron chi connectivity index (χ4n) is 2.94. The lowest BCUT2D eigenvalue weighted by atomic mass is 10.1. The number of pyridine rings is 1. The lowest BCUT2D eigenvalue weighted by Crippen LogP contribution is -2.11. The second-order valence-corrected chi connectivity index (χ2v) is 9.68. The fourth-order valence-corrected chi connectivity index (χ4v) is 5.07. The molecule has 4 rings (SSSR count). The average Bonchev–Trinajstić information content (AvgIpc) is 3.22. The summed E-state index contributed by atoms with van der Waals surface area (Å²) >= 11 is 0.853. The van der Waals surface area contributed by atoms with Crippen molar-refractivity contribution >= 4 is 55.1 Å². The highest BCUT2D eigenvalue weighted by Gasteiger charge is 2.19. The zero-order valence-corrected chi connectivity index (χ0v) is 19.2. The molecule has 0 bridgehead atoms. The van der Waals surface area contributed by atoms with Gasteiger partial charge in [-0.25, -0.2) is 23.4 Å². The van der Waals surface area contributed by atoms with Crippen LogP contribution in [-0.2, 0) is 14.8 Å². The number of nitrogen functional groups attached to an aromatic ring is 1. The van der Waals surface area contributed by atoms with Crippen molar-refractivity contribution in [3.63, 3.8) is 0 Å². The number of thiazole rings is 1. The van der Waals surface area contributed by atoms with Gasteiger partial charge in [0.25, 0.3) is 10.0 Å². The monoisotopic (exact) mass is 485 g/mol. The van der Waals surface area contributed by atoms with Crippen LogP contribution in [0.3, 0.4) is 0 Å². The van der Waals surface area contributed by atoms with Crippen molar-refractivity contribution in [1.29, 1.82) is 0 Å². The minimum absolute atomic E-state index is 0.0309. The maximum absolute atomic E-state index is 12.8. The van der Waals surface area contributed by atoms with Gasteiger partial charge in [-0.05, 0) is 31.2 Å². The summed E-state index contributed by atoms with van der Waals surface area (Å²) in [4.78, 5) is 27.9. The quantitative estimate of drug-likeness (QED) is 0.357. The van der Waals surface area contributed by atoms with E-state index >= 15 is 0 Å². The molecule has 11 nitrogen and oxygen atoms in total. The van der Waals surface area contributed by atoms with Crippen molar-refractivity contribution in [2.24, 2.45) is 0 Å². The third-order valence-corrected chi connectivity index (χ3v) is 7.01. The fraction of sp³-hybridized carbons (Fsp3) is 0.150. The van der Waals surface area contributed by atoms with E-state index in [1.165, 1.54) is 13.1 Å². The van der Waals surface area contributed by atoms with E-state index in [9.17, 15) is 13.2 Å². The Balaban J connectivity index is 1.64. The van der Waals surface area contributed by atoms with E-state index in [-0.39, 0.29) is 27.1 Å². The van der Waals surface area contributed by atoms with Gasteiger partial charge < -0.3 is 15.8 Å². The van der Waals surface area contributed by atoms with E-state index in [0.717, 1.165) is 11.3 Å². The Labute approximate surface area is 193 Å². The number of hydrogen-bond donors (Lipinski definition) is 3. The van der Waals surface area contributed by atoms with E-state index in [1.807, 2.05) is 6.92 Å². The summed E-state index contributed by atoms with van der Waals surface area (Å²) in [7, 11) is -3.90. The van der Waals surface area contributed by atoms with E-state index in [0.29, 0.717) is 34.6 Å². The average molecular weight is 486 g/mol. The summed E-state index contributed by atoms with van der Waals surface area (Å²) < 4.78 is 33.5. The standard InChI is InChI=1S/C20H19N7O4S2/c1-3-31-18-17-15(25-19(21)26-18)8-7-14(24-17)12-5-4-6-13(9-12)27-33(29,30)16-10-22-20(32-16)23-11(2)28/h4-10,27H,3H2,1-2H3,(H2,21,25,26)(H,22,23,28). The normalized spacial score (nSPS) is 11.3. The Bertz CT molecular complexity index is 1450. The van der Waals surface area contributed by atoms with Crippen LogP contribution in [0.5, 0.6) is 5.88 Å². The molecule has 0 saturated heterocycles. The Morgan fingerprint density at radius 2 is 2.00 bits per heavy atom. The molecular formula is C20H19N7O4S2. The number of carbonyl (C=O) groups excluding carboxylic acids is 1. The van der Waals surface area contributed by atoms with Crippen LogP contribution in [0.2, 0.25) is 0 Å². The molecule has 0 aliphatic rings. The largest absolute Gasteiger partial charge is 0.476 e. The molecule has 0 aliphatic heterocycles. The minimum Gasteiger partial charge on any atom is -0.476 e. The number of nitrogens with two attached hydrogens (primary N) is 1. The number of ether oxygens (including phenoxy) is 1. The topological polar surface area (TPSA) is 162 Å². The Morgan fingerprint density at radius 3 is 2.76 bits per heavy atom. The van der Waals surface area contributed by atoms with E-state index in [2.05, 4.69) is 30.0 Å². The second kappa shape index (κ2) is 8.96. The van der Waals surface area contributed by atoms with Gasteiger partial charge in [-0.2, -0.15) is 4.98 Å². The Hall–Kier alpha value is -3.84. The summed E-state index contributed by atoms with van der Waals surface area (Å²) in [5.41, 5.74) is 8.29. The number of hydrogen-bond acceptors (Lipinski definition) is 10. The molecule has 0 fully saturated rings. The zero-order valence-electron chi connectivity index (χ0n) is 17.6. The number of amides is 1. The number of rotatable bonds is 7. The van der Waals surface area contributed by atoms with Crippen LogP contribution in [0.4, 0.5) is 16.8 Å². The maximum atomic E-state index is 12.8. The maximum Gasteiger partial charge on any atom is 0.273 e. The lowest BCUT2D eigenvalue weighted by molar-refractivity contribution is -0.114. The van der Waals surface area contributed by atoms with Gasteiger partial charge in [0, 0.05) is 18.2 Å². The SMILES string of the molecule is CCOc1nc(N)nc2ccc(-c3cccc(NS(=O)(=O)c4cnc(NC(C)=O)s4)c3)nc12. The van der Waals surface area contributed by atoms with Gasteiger partial charge in [-0.3, -0.25) is 9.52 Å². The predicted molar refractivity (Wildman–Crippen MR) is 126 cm³/mol. The molecule has 13 heteroatoms. The molecule has 0 unspecified atom stereocenters. The number of nitrogens with one attached hydrogen (secondary N) is 2. The first-order chi connectivity index (χ1) is 15.7. The first-order valence-corrected chi connectivity index (χ1v) is 12.0. The summed E-state index contributed by atoms with van der Waals surface area (Å²) in [6.07, 6.45) is 1.19. The van der Waals surface area contributed by atoms with Crippen molar-refractivity contribution in [2.45, 2.75) is 18.1 Å². The summed E-state index contributed by atoms with van der Waals surface area (Å²) in [6, 6.07) is 10.3. The summed E-state index contributed by atoms with van der Waals surface area (Å²) in [6.45, 7) is 3.53. The van der Waals surface area contributed by atoms with E-state index in [4.69, 9.17) is 10.5 Å². The van der Waals surface area contributed by atoms with Gasteiger partial charge >= 0.3 is 0 Å². The Kier molecular flexibility index (Phi) is 6.07. The number of fused-ring (bicyclic) bond motifs is 1. The highest BCUT2D eigenvalue weighted by molar-refractivity contribution is 7.94. The molecule has 1 amide bonds. The van der Waals surface area contributed by atoms with Gasteiger partial charge in [-0.15, -0.1) is 0 Å². The third-order valence-electron chi connectivity index (χ3n) is 4.25. The molecule has 0 atom stereocenters. The van der Waals surface area contributed by atoms with Gasteiger partial charge in [-0.1, -0.05) is 23.5 Å². The van der Waals surface area contributed by atoms with Gasteiger partial charge in [0.2, 0.25) is 17.7 Å². The zero-order chi connectivity index (χ0) is 23.6. The Morgan fingerprint density at radius 1 is 1.18 bits per heavy atom. The summed E-state index contributed by atoms with van der Waals surface area (Å²) in [5.74, 6) is 0.0259. The van der Waals surface area contributed by atoms with Crippen molar-refractivity contribution in [3.8, 4) is 17.1 Å². The number of nitrogens with zero attached hydrogens (tertiary/aromatic N) is 4. The third kappa shape index (κ3) is 4.99. The number of anilines is 3. The van der Waals surface area contributed by atoms with Gasteiger partial charge in [0.1, 0.15) is 0 Å². The summed E-state index contributed by atoms with van der Waals surface area (Å²) in [5, 5.41) is 2.66. The van der Waals surface area contributed by atoms with Crippen LogP contribution < -0.4 is 20.5 Å². The highest BCUT2D eigenvalue weighted by Crippen LogP contribution is 2.29. The van der Waals surface area contributed by atoms with Crippen molar-refractivity contribution in [2.75, 3.05) is 22.4 Å². The van der Waals surface area contributed by atoms with Crippen LogP contribution >= 0.6 is 11.3 Å². The van der Waals surface area contributed by atoms with E-state index in [1.54, 1.807) is 36.4 Å². The second-order valence-electron chi connectivity index (χ2n) is 6.74. The number of sulfonamides is 1. The van der Waals surface area contributed by atoms with Crippen LogP contribution in [0.15, 0.2) is 46.8 Å². The molecule has 0 saturated carbocycles. The first-order valence-electron chi connectivity index (χ1n) is 9.69. The van der Waals surface area contributed by atoms with Crippen molar-refractivity contribution in [1.82, 2.24) is 19.9 Å². The van der Waals surface area contributed by atoms with E-state index < -0.39 is 10.0 Å². The molecule has 1 aromatic carbocycles. The first kappa shape index (κ1) is 22.4. The molecule has 0 spiro atoms. The van der Waals surface area contributed by atoms with Gasteiger partial charge in [0.15, 0.2) is 14.9 Å². The molecule has 0 aliphatic carbocycles. The predicted octanol–water partition coefficient (Wildman–Crippen LogP) is 2.89. The molecule has 170 valence electrons. The lowest BCUT2D eigenvalue weighted by Gasteiger charge is -2.10. The van der Waals surface area contributed by atoms with Crippen LogP contribution in [0.25, 0.3) is 22.3 Å². The molecule has 4 N–H and O–H groups in total. The van der Waals surface area contributed by atoms with Gasteiger partial charge in [0.05, 0.1) is 24.0 Å². The number of aromatic nitrogens is 4. The number of carbonyl (C=O) groups is 1. The van der Waals surface area contributed by atoms with Crippen molar-refractivity contribution < 1.29 is 17.9 Å². The highest BCUT2D eigenvalue weighted by atomic mass is 32.2. The molecule has 0 radical (unpaired) electrons. The smallest absolute Gasteiger partial charge is 0.273 e. The molecule has 3 aromatic heterocycles. The molecule has 3 heterocycles. The van der Waals surface area contributed by atoms with Crippen LogP contribution in [0, 0.1) is 0 Å².